The van der Waals surface area contributed by atoms with Crippen LogP contribution in [0.3, 0.4) is 0 Å². The molecular formula is C10H19NO2. The molecule has 1 N–H and O–H groups in total. The van der Waals surface area contributed by atoms with Crippen LogP contribution < -0.4 is 0 Å². The fraction of sp³-hybridized carbons (Fsp3) is 0.700. The molecule has 0 aliphatic carbocycles. The summed E-state index contributed by atoms with van der Waals surface area (Å²) in [4.78, 5) is 12.7. The summed E-state index contributed by atoms with van der Waals surface area (Å²) in [6, 6.07) is -0.0644. The van der Waals surface area contributed by atoms with Gasteiger partial charge in [-0.3, -0.25) is 4.79 Å². The molecule has 0 radical (unpaired) electrons. The molecule has 3 heteroatoms. The Morgan fingerprint density at radius 2 is 2.31 bits per heavy atom. The first kappa shape index (κ1) is 12.2. The lowest BCUT2D eigenvalue weighted by Crippen LogP contribution is -2.38. The smallest absolute Gasteiger partial charge is 0.246 e. The second kappa shape index (κ2) is 6.66. The maximum atomic E-state index is 11.2. The number of amides is 1. The van der Waals surface area contributed by atoms with Gasteiger partial charge in [0.2, 0.25) is 5.91 Å². The minimum absolute atomic E-state index is 0.0239. The summed E-state index contributed by atoms with van der Waals surface area (Å²) < 4.78 is 0. The van der Waals surface area contributed by atoms with Crippen molar-refractivity contribution in [2.75, 3.05) is 13.7 Å². The van der Waals surface area contributed by atoms with Crippen LogP contribution in [0.1, 0.15) is 26.2 Å². The fourth-order valence-corrected chi connectivity index (χ4v) is 1.17. The van der Waals surface area contributed by atoms with Crippen molar-refractivity contribution < 1.29 is 9.90 Å². The van der Waals surface area contributed by atoms with Gasteiger partial charge in [0, 0.05) is 7.05 Å². The van der Waals surface area contributed by atoms with Crippen LogP contribution in [-0.4, -0.2) is 35.6 Å². The van der Waals surface area contributed by atoms with Gasteiger partial charge in [0.15, 0.2) is 0 Å². The summed E-state index contributed by atoms with van der Waals surface area (Å²) in [7, 11) is 1.70. The van der Waals surface area contributed by atoms with Gasteiger partial charge in [0.05, 0.1) is 12.6 Å². The van der Waals surface area contributed by atoms with Crippen LogP contribution in [0.5, 0.6) is 0 Å². The van der Waals surface area contributed by atoms with Crippen molar-refractivity contribution >= 4 is 5.91 Å². The largest absolute Gasteiger partial charge is 0.394 e. The van der Waals surface area contributed by atoms with E-state index in [1.54, 1.807) is 11.9 Å². The van der Waals surface area contributed by atoms with Crippen molar-refractivity contribution in [1.29, 1.82) is 0 Å². The van der Waals surface area contributed by atoms with Gasteiger partial charge in [-0.05, 0) is 12.5 Å². The SMILES string of the molecule is C=CC(=O)N(C)C(CO)CCCC. The molecule has 0 aromatic rings. The van der Waals surface area contributed by atoms with Crippen LogP contribution in [0.2, 0.25) is 0 Å². The molecule has 1 amide bonds. The molecule has 13 heavy (non-hydrogen) atoms. The second-order valence-corrected chi connectivity index (χ2v) is 3.13. The lowest BCUT2D eigenvalue weighted by molar-refractivity contribution is -0.127. The number of unbranched alkanes of at least 4 members (excludes halogenated alkanes) is 1. The van der Waals surface area contributed by atoms with E-state index >= 15 is 0 Å². The minimum atomic E-state index is -0.129. The minimum Gasteiger partial charge on any atom is -0.394 e. The third kappa shape index (κ3) is 4.08. The van der Waals surface area contributed by atoms with Gasteiger partial charge in [-0.1, -0.05) is 26.3 Å². The van der Waals surface area contributed by atoms with Crippen LogP contribution in [0.25, 0.3) is 0 Å². The van der Waals surface area contributed by atoms with Crippen LogP contribution >= 0.6 is 0 Å². The normalized spacial score (nSPS) is 12.2. The van der Waals surface area contributed by atoms with Gasteiger partial charge in [0.1, 0.15) is 0 Å². The van der Waals surface area contributed by atoms with Gasteiger partial charge < -0.3 is 10.0 Å². The van der Waals surface area contributed by atoms with E-state index in [-0.39, 0.29) is 18.6 Å². The molecule has 3 nitrogen and oxygen atoms in total. The van der Waals surface area contributed by atoms with Crippen molar-refractivity contribution in [3.63, 3.8) is 0 Å². The molecule has 1 unspecified atom stereocenters. The standard InChI is InChI=1S/C10H19NO2/c1-4-6-7-9(8-12)11(3)10(13)5-2/h5,9,12H,2,4,6-8H2,1,3H3. The van der Waals surface area contributed by atoms with Gasteiger partial charge in [-0.2, -0.15) is 0 Å². The molecule has 0 rings (SSSR count). The molecule has 0 aromatic heterocycles. The average Bonchev–Trinajstić information content (AvgIpc) is 2.17. The number of likely N-dealkylation sites (N-methyl/N-ethyl adjacent to an activating group) is 1. The predicted octanol–water partition coefficient (Wildman–Crippen LogP) is 1.18. The Labute approximate surface area is 80.0 Å². The van der Waals surface area contributed by atoms with Crippen molar-refractivity contribution in [2.24, 2.45) is 0 Å². The highest BCUT2D eigenvalue weighted by molar-refractivity contribution is 5.87. The number of nitrogens with zero attached hydrogens (tertiary/aromatic N) is 1. The monoisotopic (exact) mass is 185 g/mol. The van der Waals surface area contributed by atoms with E-state index in [9.17, 15) is 4.79 Å². The summed E-state index contributed by atoms with van der Waals surface area (Å²) in [5.41, 5.74) is 0. The number of aliphatic hydroxyl groups excluding tert-OH is 1. The maximum Gasteiger partial charge on any atom is 0.246 e. The first-order valence-electron chi connectivity index (χ1n) is 4.67. The zero-order chi connectivity index (χ0) is 10.3. The Morgan fingerprint density at radius 3 is 2.69 bits per heavy atom. The molecule has 0 saturated carbocycles. The summed E-state index contributed by atoms with van der Waals surface area (Å²) in [6.07, 6.45) is 4.23. The summed E-state index contributed by atoms with van der Waals surface area (Å²) in [5.74, 6) is -0.129. The molecule has 0 bridgehead atoms. The van der Waals surface area contributed by atoms with Gasteiger partial charge in [0.25, 0.3) is 0 Å². The number of carbonyl (C=O) groups excluding carboxylic acids is 1. The Kier molecular flexibility index (Phi) is 6.24. The molecule has 0 heterocycles. The number of carbonyl (C=O) groups is 1. The summed E-state index contributed by atoms with van der Waals surface area (Å²) >= 11 is 0. The molecular weight excluding hydrogens is 166 g/mol. The zero-order valence-electron chi connectivity index (χ0n) is 8.49. The summed E-state index contributed by atoms with van der Waals surface area (Å²) in [5, 5.41) is 9.04. The van der Waals surface area contributed by atoms with Crippen molar-refractivity contribution in [1.82, 2.24) is 4.90 Å². The lowest BCUT2D eigenvalue weighted by atomic mass is 10.1. The van der Waals surface area contributed by atoms with E-state index in [1.165, 1.54) is 6.08 Å². The first-order chi connectivity index (χ1) is 6.17. The topological polar surface area (TPSA) is 40.5 Å². The van der Waals surface area contributed by atoms with E-state index in [0.717, 1.165) is 19.3 Å². The molecule has 0 saturated heterocycles. The quantitative estimate of drug-likeness (QED) is 0.631. The van der Waals surface area contributed by atoms with E-state index in [2.05, 4.69) is 13.5 Å². The van der Waals surface area contributed by atoms with Crippen LogP contribution in [-0.2, 0) is 4.79 Å². The third-order valence-corrected chi connectivity index (χ3v) is 2.17. The van der Waals surface area contributed by atoms with Gasteiger partial charge in [-0.25, -0.2) is 0 Å². The fourth-order valence-electron chi connectivity index (χ4n) is 1.17. The lowest BCUT2D eigenvalue weighted by Gasteiger charge is -2.25. The van der Waals surface area contributed by atoms with Gasteiger partial charge >= 0.3 is 0 Å². The van der Waals surface area contributed by atoms with E-state index in [4.69, 9.17) is 5.11 Å². The van der Waals surface area contributed by atoms with Crippen LogP contribution in [0.4, 0.5) is 0 Å². The van der Waals surface area contributed by atoms with E-state index < -0.39 is 0 Å². The van der Waals surface area contributed by atoms with E-state index in [0.29, 0.717) is 0 Å². The number of hydrogen-bond acceptors (Lipinski definition) is 2. The van der Waals surface area contributed by atoms with Crippen molar-refractivity contribution in [3.05, 3.63) is 12.7 Å². The van der Waals surface area contributed by atoms with Crippen LogP contribution in [0, 0.1) is 0 Å². The Morgan fingerprint density at radius 1 is 1.69 bits per heavy atom. The molecule has 0 spiro atoms. The first-order valence-corrected chi connectivity index (χ1v) is 4.67. The second-order valence-electron chi connectivity index (χ2n) is 3.13. The van der Waals surface area contributed by atoms with E-state index in [1.807, 2.05) is 0 Å². The average molecular weight is 185 g/mol. The molecule has 0 fully saturated rings. The molecule has 0 aliphatic heterocycles. The van der Waals surface area contributed by atoms with Crippen LogP contribution in [0.15, 0.2) is 12.7 Å². The highest BCUT2D eigenvalue weighted by atomic mass is 16.3. The Balaban J connectivity index is 4.05. The molecule has 1 atom stereocenters. The molecule has 76 valence electrons. The highest BCUT2D eigenvalue weighted by Gasteiger charge is 2.15. The molecule has 0 aliphatic rings. The molecule has 0 aromatic carbocycles. The highest BCUT2D eigenvalue weighted by Crippen LogP contribution is 2.06. The summed E-state index contributed by atoms with van der Waals surface area (Å²) in [6.45, 7) is 5.52. The Hall–Kier alpha value is -0.830. The van der Waals surface area contributed by atoms with Crippen molar-refractivity contribution in [2.45, 2.75) is 32.2 Å². The number of aliphatic hydroxyl groups is 1. The predicted molar refractivity (Wildman–Crippen MR) is 53.4 cm³/mol. The number of hydrogen-bond donors (Lipinski definition) is 1. The van der Waals surface area contributed by atoms with Gasteiger partial charge in [-0.15, -0.1) is 0 Å². The third-order valence-electron chi connectivity index (χ3n) is 2.17. The Bertz CT molecular complexity index is 168. The van der Waals surface area contributed by atoms with Crippen molar-refractivity contribution in [3.8, 4) is 0 Å². The maximum absolute atomic E-state index is 11.2. The number of rotatable bonds is 6. The zero-order valence-corrected chi connectivity index (χ0v) is 8.49.